The molecule has 0 aliphatic heterocycles. The van der Waals surface area contributed by atoms with Gasteiger partial charge in [-0.3, -0.25) is 0 Å². The molecule has 5 nitrogen and oxygen atoms in total. The zero-order valence-electron chi connectivity index (χ0n) is 7.88. The van der Waals surface area contributed by atoms with Crippen LogP contribution in [0.25, 0.3) is 10.4 Å². The van der Waals surface area contributed by atoms with Crippen molar-refractivity contribution in [1.82, 2.24) is 0 Å². The lowest BCUT2D eigenvalue weighted by atomic mass is 9.95. The number of rotatable bonds is 2. The molecule has 0 heterocycles. The summed E-state index contributed by atoms with van der Waals surface area (Å²) >= 11 is 0. The number of carbonyl (C=O) groups excluding carboxylic acids is 1. The van der Waals surface area contributed by atoms with Crippen molar-refractivity contribution in [3.63, 3.8) is 0 Å². The third-order valence-corrected chi connectivity index (χ3v) is 2.88. The van der Waals surface area contributed by atoms with Gasteiger partial charge in [0.1, 0.15) is 0 Å². The summed E-state index contributed by atoms with van der Waals surface area (Å²) < 4.78 is 4.64. The summed E-state index contributed by atoms with van der Waals surface area (Å²) in [7, 11) is 1.37. The van der Waals surface area contributed by atoms with E-state index < -0.39 is 0 Å². The van der Waals surface area contributed by atoms with E-state index in [1.54, 1.807) is 0 Å². The van der Waals surface area contributed by atoms with Crippen LogP contribution in [0.5, 0.6) is 0 Å². The van der Waals surface area contributed by atoms with E-state index in [-0.39, 0.29) is 12.0 Å². The van der Waals surface area contributed by atoms with Crippen LogP contribution in [-0.2, 0) is 9.53 Å². The van der Waals surface area contributed by atoms with Crippen LogP contribution in [0.4, 0.5) is 0 Å². The van der Waals surface area contributed by atoms with Gasteiger partial charge in [0.05, 0.1) is 7.11 Å². The molecule has 5 heteroatoms. The molecule has 0 radical (unpaired) electrons. The van der Waals surface area contributed by atoms with Gasteiger partial charge in [0.2, 0.25) is 0 Å². The van der Waals surface area contributed by atoms with Crippen molar-refractivity contribution in [3.05, 3.63) is 22.1 Å². The Hall–Kier alpha value is -1.48. The van der Waals surface area contributed by atoms with Crippen LogP contribution in [0.15, 0.2) is 16.8 Å². The van der Waals surface area contributed by atoms with Crippen molar-refractivity contribution >= 4 is 5.97 Å². The Labute approximate surface area is 81.4 Å². The van der Waals surface area contributed by atoms with Crippen molar-refractivity contribution in [1.29, 1.82) is 0 Å². The SMILES string of the molecule is COC(=O)C1=C[C@@H]2C[C@@H]2C(N=[N+]=[N-])C1. The zero-order valence-corrected chi connectivity index (χ0v) is 7.88. The first-order valence-electron chi connectivity index (χ1n) is 4.59. The Morgan fingerprint density at radius 1 is 1.79 bits per heavy atom. The Morgan fingerprint density at radius 2 is 2.57 bits per heavy atom. The van der Waals surface area contributed by atoms with Gasteiger partial charge < -0.3 is 4.74 Å². The molecule has 0 aromatic heterocycles. The van der Waals surface area contributed by atoms with Crippen molar-refractivity contribution in [3.8, 4) is 0 Å². The molecule has 0 amide bonds. The standard InChI is InChI=1S/C9H11N3O2/c1-14-9(13)6-2-5-3-7(5)8(4-6)11-12-10/h2,5,7-8H,3-4H2,1H3/t5-,7+,8?/m1/s1. The molecule has 74 valence electrons. The maximum Gasteiger partial charge on any atom is 0.333 e. The summed E-state index contributed by atoms with van der Waals surface area (Å²) in [5.41, 5.74) is 9.02. The molecule has 2 rings (SSSR count). The number of carbonyl (C=O) groups is 1. The minimum atomic E-state index is -0.298. The van der Waals surface area contributed by atoms with E-state index in [2.05, 4.69) is 14.8 Å². The molecule has 1 unspecified atom stereocenters. The summed E-state index contributed by atoms with van der Waals surface area (Å²) in [6.45, 7) is 0. The predicted octanol–water partition coefficient (Wildman–Crippen LogP) is 1.80. The average molecular weight is 193 g/mol. The Kier molecular flexibility index (Phi) is 2.17. The van der Waals surface area contributed by atoms with E-state index in [0.29, 0.717) is 23.8 Å². The first-order chi connectivity index (χ1) is 6.76. The van der Waals surface area contributed by atoms with Crippen LogP contribution in [0.2, 0.25) is 0 Å². The molecular formula is C9H11N3O2. The van der Waals surface area contributed by atoms with E-state index in [1.165, 1.54) is 7.11 Å². The second kappa shape index (κ2) is 3.35. The van der Waals surface area contributed by atoms with Gasteiger partial charge in [-0.25, -0.2) is 4.79 Å². The van der Waals surface area contributed by atoms with Gasteiger partial charge in [-0.2, -0.15) is 0 Å². The number of ether oxygens (including phenoxy) is 1. The number of azide groups is 1. The Bertz CT molecular complexity index is 344. The summed E-state index contributed by atoms with van der Waals surface area (Å²) in [4.78, 5) is 14.1. The minimum absolute atomic E-state index is 0.0518. The largest absolute Gasteiger partial charge is 0.466 e. The fourth-order valence-corrected chi connectivity index (χ4v) is 2.05. The summed E-state index contributed by atoms with van der Waals surface area (Å²) in [5.74, 6) is 0.584. The highest BCUT2D eigenvalue weighted by atomic mass is 16.5. The Morgan fingerprint density at radius 3 is 3.21 bits per heavy atom. The van der Waals surface area contributed by atoms with Crippen LogP contribution in [0.1, 0.15) is 12.8 Å². The molecule has 14 heavy (non-hydrogen) atoms. The summed E-state index contributed by atoms with van der Waals surface area (Å²) in [5, 5.41) is 3.71. The lowest BCUT2D eigenvalue weighted by molar-refractivity contribution is -0.136. The quantitative estimate of drug-likeness (QED) is 0.290. The number of fused-ring (bicyclic) bond motifs is 1. The van der Waals surface area contributed by atoms with Crippen molar-refractivity contribution in [2.45, 2.75) is 18.9 Å². The van der Waals surface area contributed by atoms with Gasteiger partial charge in [0.15, 0.2) is 0 Å². The minimum Gasteiger partial charge on any atom is -0.466 e. The van der Waals surface area contributed by atoms with Crippen LogP contribution >= 0.6 is 0 Å². The maximum absolute atomic E-state index is 11.3. The summed E-state index contributed by atoms with van der Waals surface area (Å²) in [6.07, 6.45) is 3.52. The molecule has 3 atom stereocenters. The molecular weight excluding hydrogens is 182 g/mol. The molecule has 0 N–H and O–H groups in total. The van der Waals surface area contributed by atoms with Crippen molar-refractivity contribution in [2.24, 2.45) is 17.0 Å². The number of nitrogens with zero attached hydrogens (tertiary/aromatic N) is 3. The first kappa shape index (κ1) is 9.09. The lowest BCUT2D eigenvalue weighted by Gasteiger charge is -2.16. The predicted molar refractivity (Wildman–Crippen MR) is 49.2 cm³/mol. The smallest absolute Gasteiger partial charge is 0.333 e. The van der Waals surface area contributed by atoms with Crippen LogP contribution in [-0.4, -0.2) is 19.1 Å². The molecule has 2 aliphatic rings. The molecule has 1 saturated carbocycles. The van der Waals surface area contributed by atoms with Gasteiger partial charge in [0.25, 0.3) is 0 Å². The van der Waals surface area contributed by atoms with Crippen LogP contribution in [0.3, 0.4) is 0 Å². The van der Waals surface area contributed by atoms with Crippen LogP contribution < -0.4 is 0 Å². The first-order valence-corrected chi connectivity index (χ1v) is 4.59. The highest BCUT2D eigenvalue weighted by molar-refractivity contribution is 5.88. The number of methoxy groups -OCH3 is 1. The number of hydrogen-bond acceptors (Lipinski definition) is 3. The number of hydrogen-bond donors (Lipinski definition) is 0. The van der Waals surface area contributed by atoms with Gasteiger partial charge in [-0.05, 0) is 30.2 Å². The highest BCUT2D eigenvalue weighted by Gasteiger charge is 2.45. The fourth-order valence-electron chi connectivity index (χ4n) is 2.05. The highest BCUT2D eigenvalue weighted by Crippen LogP contribution is 2.49. The molecule has 0 spiro atoms. The van der Waals surface area contributed by atoms with E-state index in [9.17, 15) is 4.79 Å². The van der Waals surface area contributed by atoms with Crippen molar-refractivity contribution < 1.29 is 9.53 Å². The number of allylic oxidation sites excluding steroid dienone is 1. The topological polar surface area (TPSA) is 75.1 Å². The van der Waals surface area contributed by atoms with Crippen molar-refractivity contribution in [2.75, 3.05) is 7.11 Å². The normalized spacial score (nSPS) is 33.5. The fraction of sp³-hybridized carbons (Fsp3) is 0.667. The van der Waals surface area contributed by atoms with Gasteiger partial charge in [-0.15, -0.1) is 0 Å². The zero-order chi connectivity index (χ0) is 10.1. The Balaban J connectivity index is 2.14. The second-order valence-corrected chi connectivity index (χ2v) is 3.72. The maximum atomic E-state index is 11.3. The van der Waals surface area contributed by atoms with Gasteiger partial charge >= 0.3 is 5.97 Å². The van der Waals surface area contributed by atoms with E-state index >= 15 is 0 Å². The monoisotopic (exact) mass is 193 g/mol. The molecule has 0 bridgehead atoms. The van der Waals surface area contributed by atoms with E-state index in [0.717, 1.165) is 6.42 Å². The van der Waals surface area contributed by atoms with Crippen LogP contribution in [0, 0.1) is 11.8 Å². The van der Waals surface area contributed by atoms with E-state index in [1.807, 2.05) is 6.08 Å². The third-order valence-electron chi connectivity index (χ3n) is 2.88. The van der Waals surface area contributed by atoms with Gasteiger partial charge in [-0.1, -0.05) is 11.2 Å². The molecule has 0 aromatic rings. The molecule has 0 saturated heterocycles. The molecule has 2 aliphatic carbocycles. The molecule has 1 fully saturated rings. The third kappa shape index (κ3) is 1.46. The second-order valence-electron chi connectivity index (χ2n) is 3.72. The number of esters is 1. The summed E-state index contributed by atoms with van der Waals surface area (Å²) in [6, 6.07) is -0.0518. The lowest BCUT2D eigenvalue weighted by Crippen LogP contribution is -2.18. The van der Waals surface area contributed by atoms with Gasteiger partial charge in [0, 0.05) is 16.5 Å². The van der Waals surface area contributed by atoms with E-state index in [4.69, 9.17) is 5.53 Å². The average Bonchev–Trinajstić information content (AvgIpc) is 2.96. The molecule has 0 aromatic carbocycles.